The van der Waals surface area contributed by atoms with Gasteiger partial charge in [-0.2, -0.15) is 0 Å². The number of hydrogen-bond donors (Lipinski definition) is 0. The second kappa shape index (κ2) is 7.74. The van der Waals surface area contributed by atoms with Crippen molar-refractivity contribution in [1.29, 1.82) is 0 Å². The Labute approximate surface area is 171 Å². The number of rotatable bonds is 5. The Balaban J connectivity index is 1.69. The molecule has 0 N–H and O–H groups in total. The molecule has 0 radical (unpaired) electrons. The molecule has 1 unspecified atom stereocenters. The Kier molecular flexibility index (Phi) is 5.29. The van der Waals surface area contributed by atoms with Crippen molar-refractivity contribution in [2.75, 3.05) is 37.7 Å². The lowest BCUT2D eigenvalue weighted by atomic mass is 9.86. The highest BCUT2D eigenvalue weighted by Gasteiger charge is 2.51. The van der Waals surface area contributed by atoms with Gasteiger partial charge in [0.2, 0.25) is 5.91 Å². The molecule has 4 heterocycles. The van der Waals surface area contributed by atoms with Crippen LogP contribution in [0.4, 0.5) is 5.82 Å². The highest BCUT2D eigenvalue weighted by atomic mass is 16.5. The van der Waals surface area contributed by atoms with Gasteiger partial charge in [-0.25, -0.2) is 15.0 Å². The summed E-state index contributed by atoms with van der Waals surface area (Å²) in [5, 5.41) is 0. The Bertz CT molecular complexity index is 895. The lowest BCUT2D eigenvalue weighted by Gasteiger charge is -2.44. The van der Waals surface area contributed by atoms with Crippen LogP contribution in [0.3, 0.4) is 0 Å². The molecule has 4 rings (SSSR count). The molecule has 0 aliphatic carbocycles. The van der Waals surface area contributed by atoms with Crippen LogP contribution in [0.1, 0.15) is 50.3 Å². The molecule has 1 amide bonds. The topological polar surface area (TPSA) is 76.4 Å². The molecule has 2 aromatic rings. The summed E-state index contributed by atoms with van der Waals surface area (Å²) in [5.74, 6) is 2.07. The Morgan fingerprint density at radius 1 is 1.31 bits per heavy atom. The molecule has 1 spiro atoms. The molecule has 8 nitrogen and oxygen atoms in total. The first-order valence-corrected chi connectivity index (χ1v) is 10.4. The van der Waals surface area contributed by atoms with Gasteiger partial charge in [-0.15, -0.1) is 0 Å². The van der Waals surface area contributed by atoms with Crippen LogP contribution in [0.5, 0.6) is 0 Å². The lowest BCUT2D eigenvalue weighted by Crippen LogP contribution is -2.56. The first-order chi connectivity index (χ1) is 14.0. The molecule has 1 atom stereocenters. The van der Waals surface area contributed by atoms with Crippen LogP contribution in [0.25, 0.3) is 0 Å². The molecule has 0 bridgehead atoms. The maximum Gasteiger partial charge on any atom is 0.249 e. The molecule has 0 saturated carbocycles. The number of fused-ring (bicyclic) bond motifs is 2. The van der Waals surface area contributed by atoms with E-state index in [2.05, 4.69) is 28.3 Å². The molecular weight excluding hydrogens is 368 g/mol. The van der Waals surface area contributed by atoms with E-state index in [9.17, 15) is 4.79 Å². The number of ether oxygens (including phenoxy) is 1. The first-order valence-electron chi connectivity index (χ1n) is 10.4. The molecule has 8 heteroatoms. The van der Waals surface area contributed by atoms with Gasteiger partial charge in [0.15, 0.2) is 0 Å². The highest BCUT2D eigenvalue weighted by Crippen LogP contribution is 2.43. The largest absolute Gasteiger partial charge is 0.372 e. The minimum absolute atomic E-state index is 0.0376. The third-order valence-electron chi connectivity index (χ3n) is 6.07. The number of amides is 1. The quantitative estimate of drug-likeness (QED) is 0.765. The normalized spacial score (nSPS) is 21.3. The van der Waals surface area contributed by atoms with Crippen molar-refractivity contribution in [3.8, 4) is 0 Å². The van der Waals surface area contributed by atoms with Crippen LogP contribution >= 0.6 is 0 Å². The number of aromatic nitrogens is 4. The smallest absolute Gasteiger partial charge is 0.249 e. The van der Waals surface area contributed by atoms with E-state index in [1.807, 2.05) is 37.5 Å². The molecule has 2 aliphatic heterocycles. The van der Waals surface area contributed by atoms with Crippen molar-refractivity contribution in [3.05, 3.63) is 35.8 Å². The third-order valence-corrected chi connectivity index (χ3v) is 6.07. The predicted octanol–water partition coefficient (Wildman–Crippen LogP) is 1.86. The predicted molar refractivity (Wildman–Crippen MR) is 110 cm³/mol. The van der Waals surface area contributed by atoms with Crippen LogP contribution in [0.15, 0.2) is 18.6 Å². The number of carbonyl (C=O) groups is 1. The van der Waals surface area contributed by atoms with E-state index in [4.69, 9.17) is 14.7 Å². The number of carbonyl (C=O) groups excluding carboxylic acids is 1. The Morgan fingerprint density at radius 2 is 2.14 bits per heavy atom. The van der Waals surface area contributed by atoms with Crippen molar-refractivity contribution in [2.24, 2.45) is 7.05 Å². The van der Waals surface area contributed by atoms with Gasteiger partial charge >= 0.3 is 0 Å². The SMILES string of the molecule is CCOCC(=O)N1CCc2c(ncn2C)C12CCN(c1ccnc(C(C)C)n1)C2. The summed E-state index contributed by atoms with van der Waals surface area (Å²) in [7, 11) is 2.03. The van der Waals surface area contributed by atoms with Crippen LogP contribution in [0.2, 0.25) is 0 Å². The van der Waals surface area contributed by atoms with Gasteiger partial charge in [0.25, 0.3) is 0 Å². The molecule has 1 fully saturated rings. The average Bonchev–Trinajstić information content (AvgIpc) is 3.32. The maximum atomic E-state index is 13.0. The fraction of sp³-hybridized carbons (Fsp3) is 0.619. The Hall–Kier alpha value is -2.48. The summed E-state index contributed by atoms with van der Waals surface area (Å²) < 4.78 is 7.54. The second-order valence-electron chi connectivity index (χ2n) is 8.21. The van der Waals surface area contributed by atoms with Gasteiger partial charge in [-0.1, -0.05) is 13.8 Å². The average molecular weight is 399 g/mol. The van der Waals surface area contributed by atoms with Gasteiger partial charge in [-0.05, 0) is 19.4 Å². The number of aryl methyl sites for hydroxylation is 1. The summed E-state index contributed by atoms with van der Waals surface area (Å²) in [4.78, 5) is 31.2. The fourth-order valence-corrected chi connectivity index (χ4v) is 4.55. The van der Waals surface area contributed by atoms with Crippen molar-refractivity contribution in [1.82, 2.24) is 24.4 Å². The minimum Gasteiger partial charge on any atom is -0.372 e. The zero-order chi connectivity index (χ0) is 20.6. The number of hydrogen-bond acceptors (Lipinski definition) is 6. The van der Waals surface area contributed by atoms with Crippen LogP contribution < -0.4 is 4.90 Å². The lowest BCUT2D eigenvalue weighted by molar-refractivity contribution is -0.143. The van der Waals surface area contributed by atoms with Crippen LogP contribution in [-0.4, -0.2) is 63.2 Å². The molecule has 29 heavy (non-hydrogen) atoms. The zero-order valence-electron chi connectivity index (χ0n) is 17.8. The van der Waals surface area contributed by atoms with Gasteiger partial charge in [0.05, 0.1) is 12.0 Å². The molecule has 1 saturated heterocycles. The maximum absolute atomic E-state index is 13.0. The van der Waals surface area contributed by atoms with Crippen molar-refractivity contribution in [2.45, 2.75) is 45.1 Å². The molecule has 156 valence electrons. The van der Waals surface area contributed by atoms with Gasteiger partial charge in [0, 0.05) is 57.5 Å². The summed E-state index contributed by atoms with van der Waals surface area (Å²) in [5.41, 5.74) is 1.81. The second-order valence-corrected chi connectivity index (χ2v) is 8.21. The van der Waals surface area contributed by atoms with Gasteiger partial charge in [0.1, 0.15) is 23.8 Å². The van der Waals surface area contributed by atoms with Crippen LogP contribution in [0, 0.1) is 0 Å². The monoisotopic (exact) mass is 398 g/mol. The van der Waals surface area contributed by atoms with E-state index in [1.54, 1.807) is 0 Å². The van der Waals surface area contributed by atoms with Gasteiger partial charge < -0.3 is 19.1 Å². The number of anilines is 1. The van der Waals surface area contributed by atoms with Gasteiger partial charge in [-0.3, -0.25) is 4.79 Å². The van der Waals surface area contributed by atoms with E-state index in [1.165, 1.54) is 5.69 Å². The molecule has 0 aromatic carbocycles. The van der Waals surface area contributed by atoms with E-state index >= 15 is 0 Å². The summed E-state index contributed by atoms with van der Waals surface area (Å²) >= 11 is 0. The molecule has 2 aliphatic rings. The zero-order valence-corrected chi connectivity index (χ0v) is 17.8. The summed E-state index contributed by atoms with van der Waals surface area (Å²) in [6.07, 6.45) is 5.34. The third kappa shape index (κ3) is 3.39. The van der Waals surface area contributed by atoms with E-state index in [-0.39, 0.29) is 18.4 Å². The van der Waals surface area contributed by atoms with Crippen molar-refractivity contribution >= 4 is 11.7 Å². The summed E-state index contributed by atoms with van der Waals surface area (Å²) in [6, 6.07) is 1.96. The molecule has 2 aromatic heterocycles. The standard InChI is InChI=1S/C21H30N6O2/c1-5-29-12-18(28)27-10-7-16-19(23-14-25(16)4)21(27)8-11-26(13-21)17-6-9-22-20(24-17)15(2)3/h6,9,14-15H,5,7-8,10-13H2,1-4H3. The summed E-state index contributed by atoms with van der Waals surface area (Å²) in [6.45, 7) is 8.95. The van der Waals surface area contributed by atoms with E-state index in [0.29, 0.717) is 19.7 Å². The minimum atomic E-state index is -0.439. The fourth-order valence-electron chi connectivity index (χ4n) is 4.55. The number of nitrogens with zero attached hydrogens (tertiary/aromatic N) is 6. The van der Waals surface area contributed by atoms with Crippen molar-refractivity contribution in [3.63, 3.8) is 0 Å². The Morgan fingerprint density at radius 3 is 2.90 bits per heavy atom. The van der Waals surface area contributed by atoms with E-state index in [0.717, 1.165) is 36.7 Å². The van der Waals surface area contributed by atoms with Crippen LogP contribution in [-0.2, 0) is 28.5 Å². The van der Waals surface area contributed by atoms with E-state index < -0.39 is 5.54 Å². The first kappa shape index (κ1) is 19.8. The number of imidazole rings is 1. The molecular formula is C21H30N6O2. The van der Waals surface area contributed by atoms with Crippen molar-refractivity contribution < 1.29 is 9.53 Å². The highest BCUT2D eigenvalue weighted by molar-refractivity contribution is 5.79.